The van der Waals surface area contributed by atoms with Crippen LogP contribution in [0.2, 0.25) is 10.0 Å². The molecule has 22 heavy (non-hydrogen) atoms. The Hall–Kier alpha value is -0.810. The van der Waals surface area contributed by atoms with Crippen LogP contribution < -0.4 is 0 Å². The Labute approximate surface area is 141 Å². The number of nitrogens with zero attached hydrogens (tertiary/aromatic N) is 2. The van der Waals surface area contributed by atoms with Gasteiger partial charge in [-0.3, -0.25) is 9.69 Å². The molecule has 1 amide bonds. The lowest BCUT2D eigenvalue weighted by Crippen LogP contribution is -2.49. The van der Waals surface area contributed by atoms with Crippen molar-refractivity contribution in [1.29, 1.82) is 0 Å². The van der Waals surface area contributed by atoms with E-state index in [1.807, 2.05) is 17.0 Å². The number of piperazine rings is 1. The number of hydrogen-bond donors (Lipinski definition) is 1. The maximum absolute atomic E-state index is 12.2. The SMILES string of the molecule is O=C(CCCc1ccc(Cl)c(Cl)c1)N1CCN(CCO)CC1. The Bertz CT molecular complexity index is 503. The predicted molar refractivity (Wildman–Crippen MR) is 89.5 cm³/mol. The van der Waals surface area contributed by atoms with Gasteiger partial charge in [-0.15, -0.1) is 0 Å². The second kappa shape index (κ2) is 8.73. The minimum Gasteiger partial charge on any atom is -0.395 e. The first kappa shape index (κ1) is 17.5. The third-order valence-corrected chi connectivity index (χ3v) is 4.72. The summed E-state index contributed by atoms with van der Waals surface area (Å²) in [5, 5.41) is 10.0. The molecular weight excluding hydrogens is 323 g/mol. The zero-order valence-corrected chi connectivity index (χ0v) is 14.1. The average Bonchev–Trinajstić information content (AvgIpc) is 2.52. The van der Waals surface area contributed by atoms with Crippen LogP contribution in [0, 0.1) is 0 Å². The Morgan fingerprint density at radius 1 is 1.14 bits per heavy atom. The normalized spacial score (nSPS) is 16.0. The summed E-state index contributed by atoms with van der Waals surface area (Å²) in [6.07, 6.45) is 2.20. The number of carbonyl (C=O) groups is 1. The number of rotatable bonds is 6. The number of benzene rings is 1. The molecule has 1 N–H and O–H groups in total. The van der Waals surface area contributed by atoms with Crippen molar-refractivity contribution < 1.29 is 9.90 Å². The third kappa shape index (κ3) is 5.13. The summed E-state index contributed by atoms with van der Waals surface area (Å²) in [7, 11) is 0. The van der Waals surface area contributed by atoms with Gasteiger partial charge in [-0.05, 0) is 30.5 Å². The number of β-amino-alcohol motifs (C(OH)–C–C–N with tert-alkyl or cyclic N) is 1. The summed E-state index contributed by atoms with van der Waals surface area (Å²) in [4.78, 5) is 16.3. The molecule has 1 fully saturated rings. The molecule has 1 heterocycles. The number of halogens is 2. The number of hydrogen-bond acceptors (Lipinski definition) is 3. The molecule has 1 aromatic carbocycles. The van der Waals surface area contributed by atoms with Gasteiger partial charge in [0.25, 0.3) is 0 Å². The van der Waals surface area contributed by atoms with Gasteiger partial charge < -0.3 is 10.0 Å². The van der Waals surface area contributed by atoms with E-state index in [1.165, 1.54) is 0 Å². The molecule has 0 radical (unpaired) electrons. The first-order valence-electron chi connectivity index (χ1n) is 7.65. The number of amides is 1. The van der Waals surface area contributed by atoms with Crippen molar-refractivity contribution in [1.82, 2.24) is 9.80 Å². The van der Waals surface area contributed by atoms with E-state index in [9.17, 15) is 4.79 Å². The molecule has 0 atom stereocenters. The summed E-state index contributed by atoms with van der Waals surface area (Å²) < 4.78 is 0. The number of aryl methyl sites for hydroxylation is 1. The molecule has 6 heteroatoms. The van der Waals surface area contributed by atoms with Gasteiger partial charge in [0.15, 0.2) is 0 Å². The topological polar surface area (TPSA) is 43.8 Å². The Kier molecular flexibility index (Phi) is 6.96. The minimum atomic E-state index is 0.178. The van der Waals surface area contributed by atoms with Crippen LogP contribution in [0.15, 0.2) is 18.2 Å². The monoisotopic (exact) mass is 344 g/mol. The summed E-state index contributed by atoms with van der Waals surface area (Å²) in [5.74, 6) is 0.212. The molecule has 0 bridgehead atoms. The van der Waals surface area contributed by atoms with Gasteiger partial charge in [-0.1, -0.05) is 29.3 Å². The Morgan fingerprint density at radius 2 is 1.86 bits per heavy atom. The van der Waals surface area contributed by atoms with Gasteiger partial charge in [0.1, 0.15) is 0 Å². The second-order valence-corrected chi connectivity index (χ2v) is 6.36. The number of aliphatic hydroxyl groups excluding tert-OH is 1. The van der Waals surface area contributed by atoms with Crippen molar-refractivity contribution in [2.75, 3.05) is 39.3 Å². The fourth-order valence-electron chi connectivity index (χ4n) is 2.66. The van der Waals surface area contributed by atoms with E-state index >= 15 is 0 Å². The smallest absolute Gasteiger partial charge is 0.222 e. The van der Waals surface area contributed by atoms with Gasteiger partial charge >= 0.3 is 0 Å². The Balaban J connectivity index is 1.71. The summed E-state index contributed by atoms with van der Waals surface area (Å²) in [5.41, 5.74) is 1.11. The predicted octanol–water partition coefficient (Wildman–Crippen LogP) is 2.45. The van der Waals surface area contributed by atoms with Crippen LogP contribution in [-0.4, -0.2) is 60.1 Å². The van der Waals surface area contributed by atoms with Gasteiger partial charge in [0.2, 0.25) is 5.91 Å². The number of aliphatic hydroxyl groups is 1. The lowest BCUT2D eigenvalue weighted by atomic mass is 10.1. The van der Waals surface area contributed by atoms with Crippen LogP contribution in [0.3, 0.4) is 0 Å². The van der Waals surface area contributed by atoms with Crippen molar-refractivity contribution >= 4 is 29.1 Å². The van der Waals surface area contributed by atoms with Crippen molar-refractivity contribution in [2.45, 2.75) is 19.3 Å². The van der Waals surface area contributed by atoms with Gasteiger partial charge in [-0.25, -0.2) is 0 Å². The van der Waals surface area contributed by atoms with Crippen LogP contribution in [0.5, 0.6) is 0 Å². The van der Waals surface area contributed by atoms with Gasteiger partial charge in [-0.2, -0.15) is 0 Å². The standard InChI is InChI=1S/C16H22Cl2N2O2/c17-14-5-4-13(12-15(14)18)2-1-3-16(22)20-8-6-19(7-9-20)10-11-21/h4-5,12,21H,1-3,6-11H2. The molecule has 1 aliphatic rings. The first-order chi connectivity index (χ1) is 10.6. The van der Waals surface area contributed by atoms with E-state index in [1.54, 1.807) is 6.07 Å². The van der Waals surface area contributed by atoms with Gasteiger partial charge in [0.05, 0.1) is 16.7 Å². The highest BCUT2D eigenvalue weighted by atomic mass is 35.5. The molecule has 0 aromatic heterocycles. The lowest BCUT2D eigenvalue weighted by molar-refractivity contribution is -0.133. The Morgan fingerprint density at radius 3 is 2.50 bits per heavy atom. The highest BCUT2D eigenvalue weighted by Crippen LogP contribution is 2.23. The van der Waals surface area contributed by atoms with Crippen LogP contribution in [-0.2, 0) is 11.2 Å². The summed E-state index contributed by atoms with van der Waals surface area (Å²) >= 11 is 11.9. The molecule has 1 aromatic rings. The molecule has 1 aliphatic heterocycles. The molecule has 2 rings (SSSR count). The van der Waals surface area contributed by atoms with Crippen molar-refractivity contribution in [3.63, 3.8) is 0 Å². The maximum atomic E-state index is 12.2. The van der Waals surface area contributed by atoms with Crippen molar-refractivity contribution in [2.24, 2.45) is 0 Å². The quantitative estimate of drug-likeness (QED) is 0.861. The lowest BCUT2D eigenvalue weighted by Gasteiger charge is -2.34. The highest BCUT2D eigenvalue weighted by molar-refractivity contribution is 6.42. The van der Waals surface area contributed by atoms with Crippen LogP contribution in [0.1, 0.15) is 18.4 Å². The molecule has 122 valence electrons. The van der Waals surface area contributed by atoms with E-state index in [0.29, 0.717) is 23.0 Å². The van der Waals surface area contributed by atoms with Gasteiger partial charge in [0, 0.05) is 39.1 Å². The molecular formula is C16H22Cl2N2O2. The van der Waals surface area contributed by atoms with E-state index in [4.69, 9.17) is 28.3 Å². The minimum absolute atomic E-state index is 0.178. The molecule has 0 aliphatic carbocycles. The molecule has 0 spiro atoms. The zero-order chi connectivity index (χ0) is 15.9. The number of carbonyl (C=O) groups excluding carboxylic acids is 1. The fraction of sp³-hybridized carbons (Fsp3) is 0.562. The van der Waals surface area contributed by atoms with Crippen molar-refractivity contribution in [3.8, 4) is 0 Å². The average molecular weight is 345 g/mol. The summed E-state index contributed by atoms with van der Waals surface area (Å²) in [6.45, 7) is 4.08. The van der Waals surface area contributed by atoms with Crippen LogP contribution in [0.4, 0.5) is 0 Å². The largest absolute Gasteiger partial charge is 0.395 e. The third-order valence-electron chi connectivity index (χ3n) is 3.98. The molecule has 1 saturated heterocycles. The second-order valence-electron chi connectivity index (χ2n) is 5.55. The van der Waals surface area contributed by atoms with E-state index in [2.05, 4.69) is 4.90 Å². The molecule has 0 unspecified atom stereocenters. The van der Waals surface area contributed by atoms with E-state index in [0.717, 1.165) is 44.6 Å². The zero-order valence-electron chi connectivity index (χ0n) is 12.6. The maximum Gasteiger partial charge on any atom is 0.222 e. The van der Waals surface area contributed by atoms with E-state index < -0.39 is 0 Å². The summed E-state index contributed by atoms with van der Waals surface area (Å²) in [6, 6.07) is 5.61. The van der Waals surface area contributed by atoms with Crippen LogP contribution in [0.25, 0.3) is 0 Å². The van der Waals surface area contributed by atoms with E-state index in [-0.39, 0.29) is 12.5 Å². The highest BCUT2D eigenvalue weighted by Gasteiger charge is 2.20. The van der Waals surface area contributed by atoms with Crippen LogP contribution >= 0.6 is 23.2 Å². The first-order valence-corrected chi connectivity index (χ1v) is 8.40. The fourth-order valence-corrected chi connectivity index (χ4v) is 2.98. The van der Waals surface area contributed by atoms with Crippen molar-refractivity contribution in [3.05, 3.63) is 33.8 Å². The molecule has 4 nitrogen and oxygen atoms in total. The molecule has 0 saturated carbocycles.